The molecule has 3 nitrogen and oxygen atoms in total. The van der Waals surface area contributed by atoms with Crippen LogP contribution in [-0.2, 0) is 7.05 Å². The van der Waals surface area contributed by atoms with Gasteiger partial charge in [-0.2, -0.15) is 0 Å². The normalized spacial score (nSPS) is 10.1. The van der Waals surface area contributed by atoms with Gasteiger partial charge < -0.3 is 5.32 Å². The zero-order chi connectivity index (χ0) is 9.97. The largest absolute Gasteiger partial charge is 0.327 e. The molecule has 0 aliphatic rings. The van der Waals surface area contributed by atoms with E-state index in [0.29, 0.717) is 0 Å². The minimum absolute atomic E-state index is 0.927. The standard InChI is InChI=1S/C10H12N3S/c1-8-13(2)12-10(14-8)11-9-6-4-3-5-7-9/h3-7H,1-2H3,(H,11,12)/q+1. The van der Waals surface area contributed by atoms with E-state index < -0.39 is 0 Å². The van der Waals surface area contributed by atoms with Crippen molar-refractivity contribution in [3.8, 4) is 0 Å². The predicted molar refractivity (Wildman–Crippen MR) is 57.8 cm³/mol. The molecule has 0 amide bonds. The van der Waals surface area contributed by atoms with Gasteiger partial charge >= 0.3 is 0 Å². The maximum atomic E-state index is 4.33. The molecule has 0 aliphatic heterocycles. The number of hydrogen-bond donors (Lipinski definition) is 1. The lowest BCUT2D eigenvalue weighted by Gasteiger charge is -1.97. The van der Waals surface area contributed by atoms with Crippen LogP contribution < -0.4 is 10.00 Å². The highest BCUT2D eigenvalue weighted by molar-refractivity contribution is 7.14. The molecule has 0 bridgehead atoms. The molecule has 2 rings (SSSR count). The number of aromatic nitrogens is 2. The maximum absolute atomic E-state index is 4.33. The maximum Gasteiger partial charge on any atom is 0.263 e. The van der Waals surface area contributed by atoms with Crippen molar-refractivity contribution in [3.05, 3.63) is 35.3 Å². The van der Waals surface area contributed by atoms with Crippen molar-refractivity contribution >= 4 is 22.2 Å². The van der Waals surface area contributed by atoms with Crippen LogP contribution >= 0.6 is 11.3 Å². The topological polar surface area (TPSA) is 28.8 Å². The van der Waals surface area contributed by atoms with Crippen LogP contribution in [0, 0.1) is 6.92 Å². The van der Waals surface area contributed by atoms with E-state index in [0.717, 1.165) is 10.8 Å². The molecule has 0 saturated carbocycles. The number of anilines is 2. The van der Waals surface area contributed by atoms with Crippen molar-refractivity contribution in [1.82, 2.24) is 5.10 Å². The van der Waals surface area contributed by atoms with Gasteiger partial charge in [-0.25, -0.2) is 0 Å². The molecule has 4 heteroatoms. The predicted octanol–water partition coefficient (Wildman–Crippen LogP) is 2.02. The van der Waals surface area contributed by atoms with Crippen LogP contribution in [0.25, 0.3) is 0 Å². The number of nitrogens with one attached hydrogen (secondary N) is 1. The third-order valence-electron chi connectivity index (χ3n) is 1.97. The van der Waals surface area contributed by atoms with Crippen molar-refractivity contribution in [1.29, 1.82) is 0 Å². The Morgan fingerprint density at radius 3 is 2.57 bits per heavy atom. The molecule has 72 valence electrons. The van der Waals surface area contributed by atoms with Crippen molar-refractivity contribution in [3.63, 3.8) is 0 Å². The summed E-state index contributed by atoms with van der Waals surface area (Å²) in [5.74, 6) is 0. The molecule has 0 unspecified atom stereocenters. The Morgan fingerprint density at radius 1 is 1.29 bits per heavy atom. The smallest absolute Gasteiger partial charge is 0.263 e. The summed E-state index contributed by atoms with van der Waals surface area (Å²) in [5.41, 5.74) is 1.07. The molecular weight excluding hydrogens is 194 g/mol. The van der Waals surface area contributed by atoms with Crippen LogP contribution in [0.3, 0.4) is 0 Å². The highest BCUT2D eigenvalue weighted by atomic mass is 32.1. The number of aryl methyl sites for hydroxylation is 2. The van der Waals surface area contributed by atoms with Gasteiger partial charge in [0.2, 0.25) is 0 Å². The van der Waals surface area contributed by atoms with Crippen LogP contribution in [0.5, 0.6) is 0 Å². The molecule has 1 aromatic heterocycles. The Morgan fingerprint density at radius 2 is 2.00 bits per heavy atom. The average Bonchev–Trinajstić information content (AvgIpc) is 2.47. The van der Waals surface area contributed by atoms with E-state index in [4.69, 9.17) is 0 Å². The zero-order valence-corrected chi connectivity index (χ0v) is 9.01. The SMILES string of the molecule is Cc1sc(Nc2ccccc2)n[n+]1C. The van der Waals surface area contributed by atoms with Gasteiger partial charge in [0.15, 0.2) is 7.05 Å². The highest BCUT2D eigenvalue weighted by Crippen LogP contribution is 2.18. The molecule has 1 aromatic carbocycles. The number of para-hydroxylation sites is 1. The van der Waals surface area contributed by atoms with Gasteiger partial charge in [-0.3, -0.25) is 0 Å². The first-order chi connectivity index (χ1) is 6.75. The fourth-order valence-corrected chi connectivity index (χ4v) is 1.91. The molecule has 1 N–H and O–H groups in total. The van der Waals surface area contributed by atoms with E-state index in [9.17, 15) is 0 Å². The van der Waals surface area contributed by atoms with Crippen LogP contribution in [0.1, 0.15) is 5.01 Å². The summed E-state index contributed by atoms with van der Waals surface area (Å²) < 4.78 is 1.87. The third-order valence-corrected chi connectivity index (χ3v) is 2.90. The second kappa shape index (κ2) is 3.75. The van der Waals surface area contributed by atoms with Crippen LogP contribution in [0.4, 0.5) is 10.8 Å². The van der Waals surface area contributed by atoms with E-state index in [1.165, 1.54) is 5.01 Å². The van der Waals surface area contributed by atoms with Gasteiger partial charge in [-0.15, -0.1) is 0 Å². The monoisotopic (exact) mass is 206 g/mol. The highest BCUT2D eigenvalue weighted by Gasteiger charge is 2.10. The number of benzene rings is 1. The van der Waals surface area contributed by atoms with Gasteiger partial charge in [-0.1, -0.05) is 22.9 Å². The first-order valence-corrected chi connectivity index (χ1v) is 5.23. The van der Waals surface area contributed by atoms with Crippen LogP contribution in [-0.4, -0.2) is 5.10 Å². The molecule has 0 aliphatic carbocycles. The molecule has 0 saturated heterocycles. The molecule has 0 atom stereocenters. The van der Waals surface area contributed by atoms with Crippen molar-refractivity contribution in [2.75, 3.05) is 5.32 Å². The van der Waals surface area contributed by atoms with Crippen molar-refractivity contribution < 1.29 is 4.68 Å². The third kappa shape index (κ3) is 1.90. The summed E-state index contributed by atoms with van der Waals surface area (Å²) in [6.07, 6.45) is 0. The van der Waals surface area contributed by atoms with Crippen molar-refractivity contribution in [2.24, 2.45) is 7.05 Å². The van der Waals surface area contributed by atoms with Gasteiger partial charge in [0, 0.05) is 17.7 Å². The Hall–Kier alpha value is -1.42. The molecule has 0 fully saturated rings. The van der Waals surface area contributed by atoms with Gasteiger partial charge in [0.25, 0.3) is 10.1 Å². The van der Waals surface area contributed by atoms with Crippen LogP contribution in [0.2, 0.25) is 0 Å². The number of rotatable bonds is 2. The molecular formula is C10H12N3S+. The minimum Gasteiger partial charge on any atom is -0.327 e. The van der Waals surface area contributed by atoms with E-state index in [2.05, 4.69) is 10.4 Å². The minimum atomic E-state index is 0.927. The summed E-state index contributed by atoms with van der Waals surface area (Å²) in [5, 5.41) is 9.69. The summed E-state index contributed by atoms with van der Waals surface area (Å²) >= 11 is 1.65. The Bertz CT molecular complexity index is 403. The number of nitrogens with zero attached hydrogens (tertiary/aromatic N) is 2. The number of hydrogen-bond acceptors (Lipinski definition) is 3. The summed E-state index contributed by atoms with van der Waals surface area (Å²) in [6.45, 7) is 2.05. The fraction of sp³-hybridized carbons (Fsp3) is 0.200. The lowest BCUT2D eigenvalue weighted by Crippen LogP contribution is -2.32. The molecule has 14 heavy (non-hydrogen) atoms. The van der Waals surface area contributed by atoms with Crippen molar-refractivity contribution in [2.45, 2.75) is 6.92 Å². The summed E-state index contributed by atoms with van der Waals surface area (Å²) in [6, 6.07) is 10.1. The Balaban J connectivity index is 2.19. The molecule has 1 heterocycles. The molecule has 0 spiro atoms. The van der Waals surface area contributed by atoms with Gasteiger partial charge in [-0.05, 0) is 23.5 Å². The second-order valence-corrected chi connectivity index (χ2v) is 4.22. The quantitative estimate of drug-likeness (QED) is 0.762. The average molecular weight is 206 g/mol. The van der Waals surface area contributed by atoms with E-state index >= 15 is 0 Å². The first kappa shape index (κ1) is 9.15. The lowest BCUT2D eigenvalue weighted by molar-refractivity contribution is -0.729. The fourth-order valence-electron chi connectivity index (χ4n) is 1.13. The van der Waals surface area contributed by atoms with E-state index in [1.807, 2.05) is 49.0 Å². The summed E-state index contributed by atoms with van der Waals surface area (Å²) in [4.78, 5) is 0. The van der Waals surface area contributed by atoms with E-state index in [1.54, 1.807) is 11.3 Å². The van der Waals surface area contributed by atoms with Gasteiger partial charge in [0.05, 0.1) is 0 Å². The van der Waals surface area contributed by atoms with Crippen LogP contribution in [0.15, 0.2) is 30.3 Å². The Labute approximate surface area is 87.0 Å². The zero-order valence-electron chi connectivity index (χ0n) is 8.19. The lowest BCUT2D eigenvalue weighted by atomic mass is 10.3. The second-order valence-electron chi connectivity index (χ2n) is 3.04. The van der Waals surface area contributed by atoms with Gasteiger partial charge in [0.1, 0.15) is 0 Å². The van der Waals surface area contributed by atoms with E-state index in [-0.39, 0.29) is 0 Å². The molecule has 0 radical (unpaired) electrons. The first-order valence-electron chi connectivity index (χ1n) is 4.41. The summed E-state index contributed by atoms with van der Waals surface area (Å²) in [7, 11) is 1.95. The molecule has 2 aromatic rings. The Kier molecular flexibility index (Phi) is 2.45.